The van der Waals surface area contributed by atoms with Gasteiger partial charge in [0.15, 0.2) is 5.75 Å². The molecule has 0 bridgehead atoms. The topological polar surface area (TPSA) is 36.3 Å². The summed E-state index contributed by atoms with van der Waals surface area (Å²) in [7, 11) is 1.63. The molecule has 0 saturated carbocycles. The first-order valence-electron chi connectivity index (χ1n) is 6.71. The van der Waals surface area contributed by atoms with Gasteiger partial charge in [0.05, 0.1) is 25.2 Å². The van der Waals surface area contributed by atoms with E-state index < -0.39 is 0 Å². The third kappa shape index (κ3) is 3.23. The zero-order valence-corrected chi connectivity index (χ0v) is 11.8. The van der Waals surface area contributed by atoms with Gasteiger partial charge < -0.3 is 9.47 Å². The Labute approximate surface area is 123 Å². The highest BCUT2D eigenvalue weighted by Gasteiger charge is 2.03. The van der Waals surface area contributed by atoms with Crippen molar-refractivity contribution in [3.05, 3.63) is 72.6 Å². The molecule has 106 valence electrons. The van der Waals surface area contributed by atoms with Gasteiger partial charge in [0.25, 0.3) is 0 Å². The van der Waals surface area contributed by atoms with E-state index in [0.717, 1.165) is 22.7 Å². The zero-order chi connectivity index (χ0) is 14.5. The molecule has 21 heavy (non-hydrogen) atoms. The van der Waals surface area contributed by atoms with Crippen LogP contribution in [-0.4, -0.2) is 16.9 Å². The first kappa shape index (κ1) is 13.2. The van der Waals surface area contributed by atoms with Gasteiger partial charge in [-0.15, -0.1) is 0 Å². The van der Waals surface area contributed by atoms with Gasteiger partial charge in [-0.25, -0.2) is 4.68 Å². The summed E-state index contributed by atoms with van der Waals surface area (Å²) in [6.45, 7) is 0.548. The van der Waals surface area contributed by atoms with Gasteiger partial charge in [0, 0.05) is 6.07 Å². The number of ether oxygens (including phenoxy) is 2. The first-order valence-corrected chi connectivity index (χ1v) is 6.71. The minimum Gasteiger partial charge on any atom is -0.493 e. The van der Waals surface area contributed by atoms with E-state index in [2.05, 4.69) is 5.10 Å². The number of hydrogen-bond donors (Lipinski definition) is 0. The fraction of sp³-hybridized carbons (Fsp3) is 0.118. The predicted octanol–water partition coefficient (Wildman–Crippen LogP) is 3.46. The predicted molar refractivity (Wildman–Crippen MR) is 80.9 cm³/mol. The Bertz CT molecular complexity index is 708. The van der Waals surface area contributed by atoms with Crippen LogP contribution in [0.25, 0.3) is 5.69 Å². The van der Waals surface area contributed by atoms with E-state index in [9.17, 15) is 0 Å². The molecule has 0 spiro atoms. The maximum absolute atomic E-state index is 5.81. The molecule has 0 radical (unpaired) electrons. The summed E-state index contributed by atoms with van der Waals surface area (Å²) in [4.78, 5) is 0. The van der Waals surface area contributed by atoms with Crippen molar-refractivity contribution in [3.8, 4) is 17.2 Å². The van der Waals surface area contributed by atoms with Gasteiger partial charge in [0.1, 0.15) is 12.4 Å². The Hall–Kier alpha value is -2.75. The van der Waals surface area contributed by atoms with Gasteiger partial charge >= 0.3 is 0 Å². The fourth-order valence-corrected chi connectivity index (χ4v) is 2.01. The maximum atomic E-state index is 5.81. The molecule has 3 rings (SSSR count). The van der Waals surface area contributed by atoms with Crippen molar-refractivity contribution in [1.82, 2.24) is 9.78 Å². The van der Waals surface area contributed by atoms with Gasteiger partial charge in [-0.2, -0.15) is 5.10 Å². The summed E-state index contributed by atoms with van der Waals surface area (Å²) in [6.07, 6.45) is 3.51. The van der Waals surface area contributed by atoms with E-state index >= 15 is 0 Å². The molecule has 0 unspecified atom stereocenters. The van der Waals surface area contributed by atoms with Crippen molar-refractivity contribution in [2.75, 3.05) is 7.11 Å². The summed E-state index contributed by atoms with van der Waals surface area (Å²) in [6, 6.07) is 17.9. The second-order valence-corrected chi connectivity index (χ2v) is 4.60. The van der Waals surface area contributed by atoms with Gasteiger partial charge in [-0.3, -0.25) is 0 Å². The summed E-state index contributed by atoms with van der Waals surface area (Å²) in [5.74, 6) is 1.54. The molecule has 3 aromatic rings. The van der Waals surface area contributed by atoms with Crippen molar-refractivity contribution in [2.24, 2.45) is 0 Å². The first-order chi connectivity index (χ1) is 10.3. The van der Waals surface area contributed by atoms with Gasteiger partial charge in [0.2, 0.25) is 0 Å². The molecular formula is C17H16N2O2. The molecule has 4 nitrogen and oxygen atoms in total. The standard InChI is InChI=1S/C17H16N2O2/c1-20-17-11-18-19(12-17)15-8-5-9-16(10-15)21-13-14-6-3-2-4-7-14/h2-12H,13H2,1H3. The van der Waals surface area contributed by atoms with Crippen LogP contribution in [0.1, 0.15) is 5.56 Å². The maximum Gasteiger partial charge on any atom is 0.157 e. The van der Waals surface area contributed by atoms with Crippen LogP contribution in [0.4, 0.5) is 0 Å². The monoisotopic (exact) mass is 280 g/mol. The van der Waals surface area contributed by atoms with Gasteiger partial charge in [-0.05, 0) is 17.7 Å². The van der Waals surface area contributed by atoms with Crippen molar-refractivity contribution in [3.63, 3.8) is 0 Å². The SMILES string of the molecule is COc1cnn(-c2cccc(OCc3ccccc3)c2)c1. The van der Waals surface area contributed by atoms with Crippen LogP contribution in [0, 0.1) is 0 Å². The van der Waals surface area contributed by atoms with Crippen LogP contribution in [0.3, 0.4) is 0 Å². The molecule has 1 aromatic heterocycles. The lowest BCUT2D eigenvalue weighted by atomic mass is 10.2. The van der Waals surface area contributed by atoms with Crippen LogP contribution in [0.15, 0.2) is 67.0 Å². The summed E-state index contributed by atoms with van der Waals surface area (Å²) < 4.78 is 12.7. The van der Waals surface area contributed by atoms with Gasteiger partial charge in [-0.1, -0.05) is 36.4 Å². The molecule has 4 heteroatoms. The Kier molecular flexibility index (Phi) is 3.87. The smallest absolute Gasteiger partial charge is 0.157 e. The van der Waals surface area contributed by atoms with E-state index in [1.807, 2.05) is 60.8 Å². The third-order valence-corrected chi connectivity index (χ3v) is 3.13. The van der Waals surface area contributed by atoms with E-state index in [1.54, 1.807) is 18.0 Å². The Morgan fingerprint density at radius 1 is 1.00 bits per heavy atom. The summed E-state index contributed by atoms with van der Waals surface area (Å²) >= 11 is 0. The molecule has 0 fully saturated rings. The van der Waals surface area contributed by atoms with E-state index in [1.165, 1.54) is 0 Å². The van der Waals surface area contributed by atoms with Crippen LogP contribution in [0.5, 0.6) is 11.5 Å². The Balaban J connectivity index is 1.74. The number of methoxy groups -OCH3 is 1. The Morgan fingerprint density at radius 3 is 2.62 bits per heavy atom. The third-order valence-electron chi connectivity index (χ3n) is 3.13. The van der Waals surface area contributed by atoms with Crippen LogP contribution >= 0.6 is 0 Å². The number of hydrogen-bond acceptors (Lipinski definition) is 3. The minimum absolute atomic E-state index is 0.548. The number of nitrogens with zero attached hydrogens (tertiary/aromatic N) is 2. The molecule has 0 saturated heterocycles. The zero-order valence-electron chi connectivity index (χ0n) is 11.8. The van der Waals surface area contributed by atoms with Crippen LogP contribution < -0.4 is 9.47 Å². The van der Waals surface area contributed by atoms with Crippen LogP contribution in [0.2, 0.25) is 0 Å². The average Bonchev–Trinajstić information content (AvgIpc) is 3.03. The molecule has 0 aliphatic carbocycles. The number of rotatable bonds is 5. The lowest BCUT2D eigenvalue weighted by Crippen LogP contribution is -1.98. The molecule has 1 heterocycles. The normalized spacial score (nSPS) is 10.3. The van der Waals surface area contributed by atoms with E-state index in [4.69, 9.17) is 9.47 Å². The Morgan fingerprint density at radius 2 is 1.86 bits per heavy atom. The van der Waals surface area contributed by atoms with E-state index in [-0.39, 0.29) is 0 Å². The molecule has 0 aliphatic heterocycles. The molecule has 0 atom stereocenters. The van der Waals surface area contributed by atoms with Crippen molar-refractivity contribution in [1.29, 1.82) is 0 Å². The van der Waals surface area contributed by atoms with E-state index in [0.29, 0.717) is 6.61 Å². The number of benzene rings is 2. The molecule has 0 amide bonds. The molecular weight excluding hydrogens is 264 g/mol. The quantitative estimate of drug-likeness (QED) is 0.718. The largest absolute Gasteiger partial charge is 0.493 e. The van der Waals surface area contributed by atoms with Crippen LogP contribution in [-0.2, 0) is 6.61 Å². The summed E-state index contributed by atoms with van der Waals surface area (Å²) in [5, 5.41) is 4.25. The highest BCUT2D eigenvalue weighted by molar-refractivity contribution is 5.39. The van der Waals surface area contributed by atoms with Crippen molar-refractivity contribution >= 4 is 0 Å². The minimum atomic E-state index is 0.548. The summed E-state index contributed by atoms with van der Waals surface area (Å²) in [5.41, 5.74) is 2.08. The lowest BCUT2D eigenvalue weighted by molar-refractivity contribution is 0.306. The average molecular weight is 280 g/mol. The molecule has 2 aromatic carbocycles. The highest BCUT2D eigenvalue weighted by Crippen LogP contribution is 2.19. The van der Waals surface area contributed by atoms with Crippen molar-refractivity contribution in [2.45, 2.75) is 6.61 Å². The van der Waals surface area contributed by atoms with Crippen molar-refractivity contribution < 1.29 is 9.47 Å². The second-order valence-electron chi connectivity index (χ2n) is 4.60. The molecule has 0 aliphatic rings. The second kappa shape index (κ2) is 6.13. The fourth-order valence-electron chi connectivity index (χ4n) is 2.01. The molecule has 0 N–H and O–H groups in total. The number of aromatic nitrogens is 2. The highest BCUT2D eigenvalue weighted by atomic mass is 16.5. The lowest BCUT2D eigenvalue weighted by Gasteiger charge is -2.08.